The highest BCUT2D eigenvalue weighted by molar-refractivity contribution is 5.63. The van der Waals surface area contributed by atoms with Crippen LogP contribution in [-0.4, -0.2) is 19.7 Å². The van der Waals surface area contributed by atoms with Crippen molar-refractivity contribution in [2.75, 3.05) is 5.73 Å². The van der Waals surface area contributed by atoms with Gasteiger partial charge < -0.3 is 5.73 Å². The molecule has 16 heavy (non-hydrogen) atoms. The van der Waals surface area contributed by atoms with Crippen LogP contribution in [0.2, 0.25) is 0 Å². The van der Waals surface area contributed by atoms with Gasteiger partial charge in [-0.3, -0.25) is 14.8 Å². The van der Waals surface area contributed by atoms with Gasteiger partial charge in [0.2, 0.25) is 0 Å². The number of hydrogen-bond donors (Lipinski definition) is 1. The van der Waals surface area contributed by atoms with Crippen molar-refractivity contribution in [3.8, 4) is 11.3 Å². The fraction of sp³-hybridized carbons (Fsp3) is 0.111. The summed E-state index contributed by atoms with van der Waals surface area (Å²) in [7, 11) is 1.75. The second kappa shape index (κ2) is 3.61. The van der Waals surface area contributed by atoms with E-state index in [1.54, 1.807) is 24.1 Å². The molecule has 7 nitrogen and oxygen atoms in total. The van der Waals surface area contributed by atoms with Crippen LogP contribution < -0.4 is 5.73 Å². The standard InChI is InChI=1S/C9H9N5O2/c1-13-5-6(4-11-13)8-2-7(14(15)16)3-9(10)12-8/h2-5H,1H3,(H2,10,12). The maximum Gasteiger partial charge on any atom is 0.275 e. The summed E-state index contributed by atoms with van der Waals surface area (Å²) in [5, 5.41) is 14.6. The van der Waals surface area contributed by atoms with Crippen LogP contribution in [0.3, 0.4) is 0 Å². The number of aryl methyl sites for hydroxylation is 1. The zero-order valence-electron chi connectivity index (χ0n) is 8.49. The molecular weight excluding hydrogens is 210 g/mol. The summed E-state index contributed by atoms with van der Waals surface area (Å²) in [6.07, 6.45) is 3.29. The molecule has 0 aliphatic heterocycles. The molecule has 2 N–H and O–H groups in total. The summed E-state index contributed by atoms with van der Waals surface area (Å²) in [6, 6.07) is 2.59. The summed E-state index contributed by atoms with van der Waals surface area (Å²) >= 11 is 0. The number of rotatable bonds is 2. The van der Waals surface area contributed by atoms with Crippen molar-refractivity contribution >= 4 is 11.5 Å². The molecule has 0 spiro atoms. The van der Waals surface area contributed by atoms with Crippen LogP contribution >= 0.6 is 0 Å². The van der Waals surface area contributed by atoms with Gasteiger partial charge in [0.25, 0.3) is 5.69 Å². The van der Waals surface area contributed by atoms with E-state index in [9.17, 15) is 10.1 Å². The Balaban J connectivity index is 2.53. The average molecular weight is 219 g/mol. The van der Waals surface area contributed by atoms with E-state index >= 15 is 0 Å². The normalized spacial score (nSPS) is 10.3. The van der Waals surface area contributed by atoms with Crippen LogP contribution in [0.4, 0.5) is 11.5 Å². The molecular formula is C9H9N5O2. The average Bonchev–Trinajstić information content (AvgIpc) is 2.64. The van der Waals surface area contributed by atoms with Crippen molar-refractivity contribution in [1.82, 2.24) is 14.8 Å². The van der Waals surface area contributed by atoms with E-state index in [-0.39, 0.29) is 11.5 Å². The first-order valence-electron chi connectivity index (χ1n) is 4.47. The van der Waals surface area contributed by atoms with Gasteiger partial charge in [-0.15, -0.1) is 0 Å². The summed E-state index contributed by atoms with van der Waals surface area (Å²) in [5.41, 5.74) is 6.56. The summed E-state index contributed by atoms with van der Waals surface area (Å²) in [6.45, 7) is 0. The van der Waals surface area contributed by atoms with Gasteiger partial charge in [-0.05, 0) is 0 Å². The molecule has 0 amide bonds. The van der Waals surface area contributed by atoms with Crippen molar-refractivity contribution in [2.45, 2.75) is 0 Å². The maximum absolute atomic E-state index is 10.6. The Kier molecular flexibility index (Phi) is 2.28. The van der Waals surface area contributed by atoms with Crippen LogP contribution in [-0.2, 0) is 7.05 Å². The van der Waals surface area contributed by atoms with E-state index in [1.165, 1.54) is 12.1 Å². The van der Waals surface area contributed by atoms with Crippen LogP contribution in [0.25, 0.3) is 11.3 Å². The molecule has 0 atom stereocenters. The third kappa shape index (κ3) is 1.83. The predicted molar refractivity (Wildman–Crippen MR) is 57.5 cm³/mol. The SMILES string of the molecule is Cn1cc(-c2cc([N+](=O)[O-])cc(N)n2)cn1. The fourth-order valence-electron chi connectivity index (χ4n) is 1.34. The van der Waals surface area contributed by atoms with Gasteiger partial charge in [-0.25, -0.2) is 4.98 Å². The number of pyridine rings is 1. The molecule has 0 radical (unpaired) electrons. The molecule has 2 heterocycles. The molecule has 0 bridgehead atoms. The molecule has 0 aliphatic carbocycles. The van der Waals surface area contributed by atoms with Gasteiger partial charge >= 0.3 is 0 Å². The van der Waals surface area contributed by atoms with E-state index in [4.69, 9.17) is 5.73 Å². The molecule has 7 heteroatoms. The monoisotopic (exact) mass is 219 g/mol. The summed E-state index contributed by atoms with van der Waals surface area (Å²) < 4.78 is 1.59. The van der Waals surface area contributed by atoms with Gasteiger partial charge in [0.15, 0.2) is 0 Å². The Morgan fingerprint density at radius 1 is 1.50 bits per heavy atom. The number of nitrogens with zero attached hydrogens (tertiary/aromatic N) is 4. The van der Waals surface area contributed by atoms with E-state index in [2.05, 4.69) is 10.1 Å². The Hall–Kier alpha value is -2.44. The maximum atomic E-state index is 10.6. The zero-order chi connectivity index (χ0) is 11.7. The Bertz CT molecular complexity index is 549. The number of anilines is 1. The van der Waals surface area contributed by atoms with E-state index in [1.807, 2.05) is 0 Å². The van der Waals surface area contributed by atoms with Gasteiger partial charge in [0, 0.05) is 24.9 Å². The van der Waals surface area contributed by atoms with Gasteiger partial charge in [-0.2, -0.15) is 5.10 Å². The topological polar surface area (TPSA) is 99.9 Å². The van der Waals surface area contributed by atoms with Crippen molar-refractivity contribution in [3.63, 3.8) is 0 Å². The number of nitrogen functional groups attached to an aromatic ring is 1. The Morgan fingerprint density at radius 3 is 2.81 bits per heavy atom. The highest BCUT2D eigenvalue weighted by atomic mass is 16.6. The summed E-state index contributed by atoms with van der Waals surface area (Å²) in [5.74, 6) is 0.119. The first-order chi connectivity index (χ1) is 7.56. The number of hydrogen-bond acceptors (Lipinski definition) is 5. The molecule has 0 fully saturated rings. The molecule has 0 aromatic carbocycles. The second-order valence-electron chi connectivity index (χ2n) is 3.30. The fourth-order valence-corrected chi connectivity index (χ4v) is 1.34. The van der Waals surface area contributed by atoms with Crippen molar-refractivity contribution < 1.29 is 4.92 Å². The lowest BCUT2D eigenvalue weighted by molar-refractivity contribution is -0.384. The lowest BCUT2D eigenvalue weighted by Gasteiger charge is -1.99. The van der Waals surface area contributed by atoms with E-state index in [0.717, 1.165) is 0 Å². The first-order valence-corrected chi connectivity index (χ1v) is 4.47. The minimum Gasteiger partial charge on any atom is -0.383 e. The molecule has 0 aliphatic rings. The molecule has 2 rings (SSSR count). The molecule has 0 saturated carbocycles. The van der Waals surface area contributed by atoms with Crippen molar-refractivity contribution in [2.24, 2.45) is 7.05 Å². The zero-order valence-corrected chi connectivity index (χ0v) is 8.49. The molecule has 0 saturated heterocycles. The third-order valence-electron chi connectivity index (χ3n) is 2.04. The third-order valence-corrected chi connectivity index (χ3v) is 2.04. The van der Waals surface area contributed by atoms with Crippen LogP contribution in [0.1, 0.15) is 0 Å². The minimum atomic E-state index is -0.502. The summed E-state index contributed by atoms with van der Waals surface area (Å²) in [4.78, 5) is 14.2. The van der Waals surface area contributed by atoms with Crippen LogP contribution in [0.15, 0.2) is 24.5 Å². The molecule has 82 valence electrons. The van der Waals surface area contributed by atoms with Gasteiger partial charge in [-0.1, -0.05) is 0 Å². The number of nitro groups is 1. The highest BCUT2D eigenvalue weighted by Gasteiger charge is 2.11. The van der Waals surface area contributed by atoms with E-state index in [0.29, 0.717) is 11.3 Å². The van der Waals surface area contributed by atoms with Gasteiger partial charge in [0.1, 0.15) is 5.82 Å². The first kappa shape index (κ1) is 10.1. The highest BCUT2D eigenvalue weighted by Crippen LogP contribution is 2.23. The number of aromatic nitrogens is 3. The van der Waals surface area contributed by atoms with Crippen LogP contribution in [0.5, 0.6) is 0 Å². The van der Waals surface area contributed by atoms with Crippen molar-refractivity contribution in [1.29, 1.82) is 0 Å². The predicted octanol–water partition coefficient (Wildman–Crippen LogP) is 0.972. The second-order valence-corrected chi connectivity index (χ2v) is 3.30. The minimum absolute atomic E-state index is 0.0775. The van der Waals surface area contributed by atoms with Crippen molar-refractivity contribution in [3.05, 3.63) is 34.6 Å². The molecule has 2 aromatic heterocycles. The Morgan fingerprint density at radius 2 is 2.25 bits per heavy atom. The largest absolute Gasteiger partial charge is 0.383 e. The van der Waals surface area contributed by atoms with Gasteiger partial charge in [0.05, 0.1) is 22.9 Å². The lowest BCUT2D eigenvalue weighted by Crippen LogP contribution is -1.96. The van der Waals surface area contributed by atoms with E-state index < -0.39 is 4.92 Å². The molecule has 2 aromatic rings. The Labute approximate surface area is 90.7 Å². The molecule has 0 unspecified atom stereocenters. The lowest BCUT2D eigenvalue weighted by atomic mass is 10.2. The van der Waals surface area contributed by atoms with Crippen LogP contribution in [0, 0.1) is 10.1 Å². The smallest absolute Gasteiger partial charge is 0.275 e. The number of nitrogens with two attached hydrogens (primary N) is 1. The quantitative estimate of drug-likeness (QED) is 0.599.